The summed E-state index contributed by atoms with van der Waals surface area (Å²) in [6, 6.07) is 19.3. The van der Waals surface area contributed by atoms with Crippen molar-refractivity contribution in [3.63, 3.8) is 0 Å². The van der Waals surface area contributed by atoms with Crippen molar-refractivity contribution in [2.45, 2.75) is 84.9 Å². The molecule has 1 unspecified atom stereocenters. The summed E-state index contributed by atoms with van der Waals surface area (Å²) in [5, 5.41) is 15.1. The standard InChI is InChI=1S/C47H54ClN7O6/c1-6-47(17-19-53(20-18-47)32-12-14-34-35(25-32)42(60)55(41(34)59)37-15-16-38(56)50-40(37)58)28-52-21-23-54(24-22-52)31-10-7-29(8-11-31)39(57)51-43-45(2,3)44(46(43,4)5)61-33-13-9-30(27-49)36(48)26-33/h7-14,25-26,37,43-44H,6,15-24,28H2,1-5H3,(H,51,57)(H,50,56,58). The zero-order valence-electron chi connectivity index (χ0n) is 35.6. The highest BCUT2D eigenvalue weighted by Gasteiger charge is 2.64. The van der Waals surface area contributed by atoms with Gasteiger partial charge in [0.1, 0.15) is 24.0 Å². The molecule has 5 amide bonds. The Hall–Kier alpha value is -5.45. The Bertz CT molecular complexity index is 2290. The molecule has 2 N–H and O–H groups in total. The van der Waals surface area contributed by atoms with Crippen LogP contribution in [0.2, 0.25) is 5.02 Å². The lowest BCUT2D eigenvalue weighted by atomic mass is 9.49. The fourth-order valence-corrected chi connectivity index (χ4v) is 11.0. The van der Waals surface area contributed by atoms with Gasteiger partial charge in [-0.3, -0.25) is 39.1 Å². The number of benzene rings is 3. The van der Waals surface area contributed by atoms with E-state index in [0.717, 1.165) is 81.4 Å². The van der Waals surface area contributed by atoms with Gasteiger partial charge in [0.2, 0.25) is 11.8 Å². The molecular weight excluding hydrogens is 794 g/mol. The number of halogens is 1. The molecule has 3 saturated heterocycles. The van der Waals surface area contributed by atoms with E-state index in [1.807, 2.05) is 30.3 Å². The first kappa shape index (κ1) is 42.2. The van der Waals surface area contributed by atoms with Crippen molar-refractivity contribution in [3.05, 3.63) is 87.9 Å². The van der Waals surface area contributed by atoms with E-state index >= 15 is 0 Å². The molecule has 0 bridgehead atoms. The molecule has 61 heavy (non-hydrogen) atoms. The molecule has 14 heteroatoms. The van der Waals surface area contributed by atoms with Crippen LogP contribution in [-0.4, -0.2) is 103 Å². The van der Waals surface area contributed by atoms with Crippen LogP contribution in [0.5, 0.6) is 5.75 Å². The summed E-state index contributed by atoms with van der Waals surface area (Å²) < 4.78 is 6.39. The van der Waals surface area contributed by atoms with Crippen molar-refractivity contribution in [1.29, 1.82) is 5.26 Å². The Morgan fingerprint density at radius 3 is 2.11 bits per heavy atom. The number of ether oxygens (including phenoxy) is 1. The van der Waals surface area contributed by atoms with E-state index < -0.39 is 29.7 Å². The Labute approximate surface area is 362 Å². The number of piperidine rings is 2. The molecule has 1 aliphatic carbocycles. The fraction of sp³-hybridized carbons (Fsp3) is 0.489. The summed E-state index contributed by atoms with van der Waals surface area (Å²) in [5.74, 6) is -1.49. The van der Waals surface area contributed by atoms with Gasteiger partial charge in [-0.15, -0.1) is 0 Å². The van der Waals surface area contributed by atoms with Crippen molar-refractivity contribution in [1.82, 2.24) is 20.4 Å². The fourth-order valence-electron chi connectivity index (χ4n) is 10.8. The molecule has 1 saturated carbocycles. The van der Waals surface area contributed by atoms with Gasteiger partial charge in [-0.2, -0.15) is 5.26 Å². The second-order valence-electron chi connectivity index (χ2n) is 18.6. The maximum atomic E-state index is 13.6. The number of carbonyl (C=O) groups is 5. The molecule has 13 nitrogen and oxygen atoms in total. The van der Waals surface area contributed by atoms with Crippen molar-refractivity contribution < 1.29 is 28.7 Å². The number of hydrogen-bond acceptors (Lipinski definition) is 10. The lowest BCUT2D eigenvalue weighted by Gasteiger charge is -2.63. The Morgan fingerprint density at radius 1 is 0.852 bits per heavy atom. The minimum absolute atomic E-state index is 0.0894. The van der Waals surface area contributed by atoms with Gasteiger partial charge in [0.15, 0.2) is 0 Å². The van der Waals surface area contributed by atoms with Gasteiger partial charge in [-0.05, 0) is 85.7 Å². The smallest absolute Gasteiger partial charge is 0.262 e. The lowest BCUT2D eigenvalue weighted by Crippen LogP contribution is -2.74. The quantitative estimate of drug-likeness (QED) is 0.231. The molecule has 0 aromatic heterocycles. The second kappa shape index (κ2) is 16.1. The summed E-state index contributed by atoms with van der Waals surface area (Å²) in [7, 11) is 0. The Kier molecular flexibility index (Phi) is 11.2. The lowest BCUT2D eigenvalue weighted by molar-refractivity contribution is -0.164. The Morgan fingerprint density at radius 2 is 1.49 bits per heavy atom. The summed E-state index contributed by atoms with van der Waals surface area (Å²) in [6.07, 6.45) is 3.12. The highest BCUT2D eigenvalue weighted by molar-refractivity contribution is 6.31. The Balaban J connectivity index is 0.817. The summed E-state index contributed by atoms with van der Waals surface area (Å²) in [6.45, 7) is 17.0. The number of anilines is 2. The third-order valence-electron chi connectivity index (χ3n) is 14.2. The van der Waals surface area contributed by atoms with Gasteiger partial charge in [-0.25, -0.2) is 0 Å². The number of imide groups is 2. The summed E-state index contributed by atoms with van der Waals surface area (Å²) >= 11 is 6.26. The molecule has 320 valence electrons. The van der Waals surface area contributed by atoms with Gasteiger partial charge in [0.25, 0.3) is 17.7 Å². The van der Waals surface area contributed by atoms with Gasteiger partial charge in [0.05, 0.1) is 21.7 Å². The van der Waals surface area contributed by atoms with Crippen LogP contribution in [0.25, 0.3) is 0 Å². The zero-order valence-corrected chi connectivity index (χ0v) is 36.3. The van der Waals surface area contributed by atoms with Crippen LogP contribution in [-0.2, 0) is 9.59 Å². The monoisotopic (exact) mass is 847 g/mol. The molecule has 1 atom stereocenters. The average Bonchev–Trinajstić information content (AvgIpc) is 3.49. The minimum Gasteiger partial charge on any atom is -0.489 e. The largest absolute Gasteiger partial charge is 0.489 e. The number of nitrogens with zero attached hydrogens (tertiary/aromatic N) is 5. The SMILES string of the molecule is CCC1(CN2CCN(c3ccc(C(=O)NC4C(C)(C)C(Oc5ccc(C#N)c(Cl)c5)C4(C)C)cc3)CC2)CCN(c2ccc3c(c2)C(=O)N(C2CCC(=O)NC2=O)C3=O)CC1. The van der Waals surface area contributed by atoms with Crippen molar-refractivity contribution in [2.75, 3.05) is 55.6 Å². The molecular formula is C47H54ClN7O6. The van der Waals surface area contributed by atoms with Gasteiger partial charge >= 0.3 is 0 Å². The van der Waals surface area contributed by atoms with Crippen LogP contribution < -0.4 is 25.2 Å². The van der Waals surface area contributed by atoms with Crippen LogP contribution in [0.3, 0.4) is 0 Å². The van der Waals surface area contributed by atoms with Crippen molar-refractivity contribution >= 4 is 52.5 Å². The number of fused-ring (bicyclic) bond motifs is 1. The molecule has 4 fully saturated rings. The van der Waals surface area contributed by atoms with E-state index in [4.69, 9.17) is 16.3 Å². The van der Waals surface area contributed by atoms with E-state index in [9.17, 15) is 29.2 Å². The van der Waals surface area contributed by atoms with Gasteiger partial charge in [0, 0.05) is 92.1 Å². The van der Waals surface area contributed by atoms with Crippen molar-refractivity contribution in [2.24, 2.45) is 16.2 Å². The third-order valence-corrected chi connectivity index (χ3v) is 14.5. The number of amides is 5. The maximum Gasteiger partial charge on any atom is 0.262 e. The van der Waals surface area contributed by atoms with Crippen LogP contribution >= 0.6 is 11.6 Å². The number of hydrogen-bond donors (Lipinski definition) is 2. The van der Waals surface area contributed by atoms with Crippen LogP contribution in [0, 0.1) is 27.6 Å². The number of nitriles is 1. The van der Waals surface area contributed by atoms with Crippen LogP contribution in [0.1, 0.15) is 103 Å². The van der Waals surface area contributed by atoms with Crippen molar-refractivity contribution in [3.8, 4) is 11.8 Å². The van der Waals surface area contributed by atoms with E-state index in [1.54, 1.807) is 30.3 Å². The zero-order chi connectivity index (χ0) is 43.4. The number of piperazine rings is 1. The minimum atomic E-state index is -0.978. The molecule has 5 aliphatic rings. The molecule has 4 aliphatic heterocycles. The van der Waals surface area contributed by atoms with E-state index in [0.29, 0.717) is 33.0 Å². The highest BCUT2D eigenvalue weighted by Crippen LogP contribution is 2.55. The second-order valence-corrected chi connectivity index (χ2v) is 19.0. The third kappa shape index (κ3) is 7.74. The molecule has 3 aromatic rings. The average molecular weight is 848 g/mol. The molecule has 4 heterocycles. The predicted octanol–water partition coefficient (Wildman–Crippen LogP) is 6.04. The molecule has 0 radical (unpaired) electrons. The molecule has 3 aromatic carbocycles. The summed E-state index contributed by atoms with van der Waals surface area (Å²) in [4.78, 5) is 72.7. The van der Waals surface area contributed by atoms with E-state index in [-0.39, 0.29) is 47.1 Å². The number of carbonyl (C=O) groups excluding carboxylic acids is 5. The number of rotatable bonds is 10. The predicted molar refractivity (Wildman–Crippen MR) is 232 cm³/mol. The molecule has 0 spiro atoms. The molecule has 8 rings (SSSR count). The first-order chi connectivity index (χ1) is 29.0. The van der Waals surface area contributed by atoms with E-state index in [1.165, 1.54) is 0 Å². The van der Waals surface area contributed by atoms with Gasteiger partial charge < -0.3 is 19.9 Å². The van der Waals surface area contributed by atoms with Crippen LogP contribution in [0.4, 0.5) is 11.4 Å². The number of nitrogens with one attached hydrogen (secondary N) is 2. The maximum absolute atomic E-state index is 13.6. The normalized spacial score (nSPS) is 24.4. The summed E-state index contributed by atoms with van der Waals surface area (Å²) in [5.41, 5.74) is 3.07. The van der Waals surface area contributed by atoms with E-state index in [2.05, 4.69) is 66.0 Å². The van der Waals surface area contributed by atoms with Gasteiger partial charge in [-0.1, -0.05) is 46.2 Å². The first-order valence-corrected chi connectivity index (χ1v) is 21.8. The topological polar surface area (TPSA) is 155 Å². The van der Waals surface area contributed by atoms with Crippen LogP contribution in [0.15, 0.2) is 60.7 Å². The highest BCUT2D eigenvalue weighted by atomic mass is 35.5. The first-order valence-electron chi connectivity index (χ1n) is 21.4.